The third-order valence-corrected chi connectivity index (χ3v) is 5.86. The lowest BCUT2D eigenvalue weighted by atomic mass is 9.90. The molecule has 0 N–H and O–H groups in total. The van der Waals surface area contributed by atoms with E-state index in [1.165, 1.54) is 5.56 Å². The van der Waals surface area contributed by atoms with E-state index in [0.29, 0.717) is 23.8 Å². The van der Waals surface area contributed by atoms with Gasteiger partial charge in [-0.1, -0.05) is 60.7 Å². The van der Waals surface area contributed by atoms with Crippen LogP contribution in [0.25, 0.3) is 11.1 Å². The van der Waals surface area contributed by atoms with Gasteiger partial charge in [0.2, 0.25) is 0 Å². The molecule has 1 saturated heterocycles. The molecule has 3 aromatic carbocycles. The van der Waals surface area contributed by atoms with Crippen molar-refractivity contribution in [1.29, 1.82) is 0 Å². The van der Waals surface area contributed by atoms with Gasteiger partial charge in [-0.3, -0.25) is 4.79 Å². The monoisotopic (exact) mass is 396 g/mol. The lowest BCUT2D eigenvalue weighted by Gasteiger charge is -2.33. The molecule has 1 aromatic heterocycles. The average Bonchev–Trinajstić information content (AvgIpc) is 3.21. The van der Waals surface area contributed by atoms with E-state index in [0.717, 1.165) is 42.6 Å². The average molecular weight is 396 g/mol. The van der Waals surface area contributed by atoms with Crippen molar-refractivity contribution in [3.8, 4) is 0 Å². The lowest BCUT2D eigenvalue weighted by Crippen LogP contribution is -2.39. The summed E-state index contributed by atoms with van der Waals surface area (Å²) in [6, 6.07) is 26.2. The van der Waals surface area contributed by atoms with Gasteiger partial charge >= 0.3 is 0 Å². The van der Waals surface area contributed by atoms with Crippen LogP contribution < -0.4 is 0 Å². The Morgan fingerprint density at radius 2 is 1.77 bits per heavy atom. The minimum atomic E-state index is 0.0742. The molecule has 1 amide bonds. The van der Waals surface area contributed by atoms with Gasteiger partial charge in [0.05, 0.1) is 0 Å². The summed E-state index contributed by atoms with van der Waals surface area (Å²) in [4.78, 5) is 19.8. The van der Waals surface area contributed by atoms with Gasteiger partial charge in [0.1, 0.15) is 5.52 Å². The number of aromatic nitrogens is 1. The Kier molecular flexibility index (Phi) is 5.06. The van der Waals surface area contributed by atoms with Crippen molar-refractivity contribution in [2.75, 3.05) is 13.1 Å². The first kappa shape index (κ1) is 18.6. The molecule has 1 fully saturated rings. The lowest BCUT2D eigenvalue weighted by molar-refractivity contribution is 0.0707. The maximum atomic E-state index is 13.2. The third kappa shape index (κ3) is 3.86. The minimum Gasteiger partial charge on any atom is -0.440 e. The quantitative estimate of drug-likeness (QED) is 0.461. The number of hydrogen-bond donors (Lipinski definition) is 0. The molecule has 4 aromatic rings. The van der Waals surface area contributed by atoms with E-state index < -0.39 is 0 Å². The van der Waals surface area contributed by atoms with Gasteiger partial charge in [0, 0.05) is 31.0 Å². The van der Waals surface area contributed by atoms with Crippen LogP contribution in [-0.2, 0) is 6.42 Å². The normalized spacial score (nSPS) is 16.7. The zero-order valence-corrected chi connectivity index (χ0v) is 16.8. The SMILES string of the molecule is O=C(c1ccc2oc(Cc3ccccc3)nc2c1)N1CCC[C@@H](c2ccccc2)C1. The van der Waals surface area contributed by atoms with E-state index in [9.17, 15) is 4.79 Å². The van der Waals surface area contributed by atoms with Crippen molar-refractivity contribution in [3.63, 3.8) is 0 Å². The van der Waals surface area contributed by atoms with Crippen LogP contribution in [0.5, 0.6) is 0 Å². The molecule has 0 radical (unpaired) electrons. The second-order valence-corrected chi connectivity index (χ2v) is 7.95. The Morgan fingerprint density at radius 3 is 2.57 bits per heavy atom. The number of benzene rings is 3. The molecule has 0 unspecified atom stereocenters. The summed E-state index contributed by atoms with van der Waals surface area (Å²) in [5.41, 5.74) is 4.60. The Balaban J connectivity index is 1.34. The number of nitrogens with zero attached hydrogens (tertiary/aromatic N) is 2. The Bertz CT molecular complexity index is 1150. The first-order valence-corrected chi connectivity index (χ1v) is 10.5. The Hall–Kier alpha value is -3.40. The van der Waals surface area contributed by atoms with Crippen LogP contribution in [0, 0.1) is 0 Å². The van der Waals surface area contributed by atoms with Crippen molar-refractivity contribution >= 4 is 17.0 Å². The molecule has 4 heteroatoms. The molecule has 0 bridgehead atoms. The van der Waals surface area contributed by atoms with E-state index in [-0.39, 0.29) is 5.91 Å². The maximum Gasteiger partial charge on any atom is 0.253 e. The predicted octanol–water partition coefficient (Wildman–Crippen LogP) is 5.44. The van der Waals surface area contributed by atoms with Gasteiger partial charge in [-0.2, -0.15) is 0 Å². The van der Waals surface area contributed by atoms with E-state index in [2.05, 4.69) is 41.4 Å². The van der Waals surface area contributed by atoms with Crippen molar-refractivity contribution in [2.45, 2.75) is 25.2 Å². The molecule has 0 aliphatic carbocycles. The minimum absolute atomic E-state index is 0.0742. The summed E-state index contributed by atoms with van der Waals surface area (Å²) >= 11 is 0. The van der Waals surface area contributed by atoms with Crippen LogP contribution in [0.15, 0.2) is 83.3 Å². The van der Waals surface area contributed by atoms with Crippen LogP contribution in [0.2, 0.25) is 0 Å². The van der Waals surface area contributed by atoms with Crippen molar-refractivity contribution in [3.05, 3.63) is 101 Å². The van der Waals surface area contributed by atoms with Crippen LogP contribution in [-0.4, -0.2) is 28.9 Å². The van der Waals surface area contributed by atoms with E-state index in [1.807, 2.05) is 47.4 Å². The maximum absolute atomic E-state index is 13.2. The molecular formula is C26H24N2O2. The van der Waals surface area contributed by atoms with Crippen molar-refractivity contribution < 1.29 is 9.21 Å². The van der Waals surface area contributed by atoms with E-state index in [1.54, 1.807) is 0 Å². The van der Waals surface area contributed by atoms with E-state index in [4.69, 9.17) is 4.42 Å². The number of likely N-dealkylation sites (tertiary alicyclic amines) is 1. The highest BCUT2D eigenvalue weighted by Crippen LogP contribution is 2.28. The first-order valence-electron chi connectivity index (χ1n) is 10.5. The molecule has 0 spiro atoms. The fraction of sp³-hybridized carbons (Fsp3) is 0.231. The highest BCUT2D eigenvalue weighted by Gasteiger charge is 2.25. The molecule has 0 saturated carbocycles. The van der Waals surface area contributed by atoms with Crippen molar-refractivity contribution in [1.82, 2.24) is 9.88 Å². The van der Waals surface area contributed by atoms with Gasteiger partial charge in [0.15, 0.2) is 11.5 Å². The number of carbonyl (C=O) groups excluding carboxylic acids is 1. The summed E-state index contributed by atoms with van der Waals surface area (Å²) in [6.45, 7) is 1.57. The van der Waals surface area contributed by atoms with Crippen molar-refractivity contribution in [2.24, 2.45) is 0 Å². The number of carbonyl (C=O) groups is 1. The van der Waals surface area contributed by atoms with Gasteiger partial charge in [-0.25, -0.2) is 4.98 Å². The summed E-state index contributed by atoms with van der Waals surface area (Å²) in [7, 11) is 0. The molecule has 5 rings (SSSR count). The molecule has 30 heavy (non-hydrogen) atoms. The van der Waals surface area contributed by atoms with Crippen LogP contribution in [0.4, 0.5) is 0 Å². The number of piperidine rings is 1. The zero-order valence-electron chi connectivity index (χ0n) is 16.8. The number of rotatable bonds is 4. The van der Waals surface area contributed by atoms with Gasteiger partial charge in [-0.15, -0.1) is 0 Å². The molecule has 4 nitrogen and oxygen atoms in total. The fourth-order valence-electron chi connectivity index (χ4n) is 4.30. The fourth-order valence-corrected chi connectivity index (χ4v) is 4.30. The highest BCUT2D eigenvalue weighted by atomic mass is 16.3. The number of amides is 1. The van der Waals surface area contributed by atoms with E-state index >= 15 is 0 Å². The summed E-state index contributed by atoms with van der Waals surface area (Å²) in [5, 5.41) is 0. The highest BCUT2D eigenvalue weighted by molar-refractivity contribution is 5.97. The summed E-state index contributed by atoms with van der Waals surface area (Å²) in [5.74, 6) is 1.14. The smallest absolute Gasteiger partial charge is 0.253 e. The molecule has 1 aliphatic rings. The number of oxazole rings is 1. The summed E-state index contributed by atoms with van der Waals surface area (Å²) < 4.78 is 5.89. The number of hydrogen-bond acceptors (Lipinski definition) is 3. The molecule has 150 valence electrons. The topological polar surface area (TPSA) is 46.3 Å². The standard InChI is InChI=1S/C26H24N2O2/c29-26(28-15-7-12-22(18-28)20-10-5-2-6-11-20)21-13-14-24-23(17-21)27-25(30-24)16-19-8-3-1-4-9-19/h1-6,8-11,13-14,17,22H,7,12,15-16,18H2/t22-/m1/s1. The summed E-state index contributed by atoms with van der Waals surface area (Å²) in [6.07, 6.45) is 2.79. The first-order chi connectivity index (χ1) is 14.8. The molecule has 2 heterocycles. The zero-order chi connectivity index (χ0) is 20.3. The van der Waals surface area contributed by atoms with Gasteiger partial charge < -0.3 is 9.32 Å². The van der Waals surface area contributed by atoms with Crippen LogP contribution in [0.1, 0.15) is 46.1 Å². The second-order valence-electron chi connectivity index (χ2n) is 7.95. The third-order valence-electron chi connectivity index (χ3n) is 5.86. The molecule has 1 aliphatic heterocycles. The largest absolute Gasteiger partial charge is 0.440 e. The Morgan fingerprint density at radius 1 is 1.00 bits per heavy atom. The van der Waals surface area contributed by atoms with Crippen LogP contribution >= 0.6 is 0 Å². The van der Waals surface area contributed by atoms with Crippen LogP contribution in [0.3, 0.4) is 0 Å². The second kappa shape index (κ2) is 8.15. The molecular weight excluding hydrogens is 372 g/mol. The Labute approximate surface area is 176 Å². The number of fused-ring (bicyclic) bond motifs is 1. The van der Waals surface area contributed by atoms with Gasteiger partial charge in [0.25, 0.3) is 5.91 Å². The molecule has 1 atom stereocenters. The van der Waals surface area contributed by atoms with Gasteiger partial charge in [-0.05, 0) is 42.2 Å². The predicted molar refractivity (Wildman–Crippen MR) is 118 cm³/mol.